The summed E-state index contributed by atoms with van der Waals surface area (Å²) in [5.74, 6) is -0.110. The fraction of sp³-hybridized carbons (Fsp3) is 0.409. The Morgan fingerprint density at radius 2 is 1.50 bits per heavy atom. The van der Waals surface area contributed by atoms with Crippen LogP contribution in [0.4, 0.5) is 10.1 Å². The molecule has 2 aromatic carbocycles. The van der Waals surface area contributed by atoms with Gasteiger partial charge in [-0.05, 0) is 42.0 Å². The summed E-state index contributed by atoms with van der Waals surface area (Å²) in [6.07, 6.45) is 0. The zero-order chi connectivity index (χ0) is 19.3. The lowest BCUT2D eigenvalue weighted by molar-refractivity contribution is 0.0303. The van der Waals surface area contributed by atoms with Crippen molar-refractivity contribution in [1.82, 2.24) is 9.80 Å². The molecule has 0 bridgehead atoms. The minimum Gasteiger partial charge on any atom is -0.378 e. The van der Waals surface area contributed by atoms with Gasteiger partial charge in [-0.15, -0.1) is 0 Å². The molecule has 2 heterocycles. The molecule has 2 aliphatic heterocycles. The van der Waals surface area contributed by atoms with Crippen molar-refractivity contribution in [3.63, 3.8) is 0 Å². The Kier molecular flexibility index (Phi) is 5.88. The van der Waals surface area contributed by atoms with Crippen LogP contribution in [-0.2, 0) is 11.3 Å². The van der Waals surface area contributed by atoms with Crippen LogP contribution in [0.1, 0.15) is 15.9 Å². The molecule has 148 valence electrons. The molecule has 0 N–H and O–H groups in total. The molecule has 2 aromatic rings. The van der Waals surface area contributed by atoms with Gasteiger partial charge in [-0.25, -0.2) is 4.39 Å². The summed E-state index contributed by atoms with van der Waals surface area (Å²) in [6, 6.07) is 14.7. The number of piperazine rings is 1. The third kappa shape index (κ3) is 4.51. The van der Waals surface area contributed by atoms with E-state index >= 15 is 0 Å². The van der Waals surface area contributed by atoms with Crippen molar-refractivity contribution in [3.05, 3.63) is 65.5 Å². The van der Waals surface area contributed by atoms with Gasteiger partial charge in [0.25, 0.3) is 5.91 Å². The van der Waals surface area contributed by atoms with Crippen molar-refractivity contribution in [2.45, 2.75) is 6.54 Å². The summed E-state index contributed by atoms with van der Waals surface area (Å²) >= 11 is 0. The Hall–Kier alpha value is -2.44. The van der Waals surface area contributed by atoms with E-state index < -0.39 is 0 Å². The third-order valence-electron chi connectivity index (χ3n) is 5.47. The minimum absolute atomic E-state index is 0.0859. The Morgan fingerprint density at radius 1 is 0.857 bits per heavy atom. The topological polar surface area (TPSA) is 36.0 Å². The van der Waals surface area contributed by atoms with E-state index in [2.05, 4.69) is 21.9 Å². The van der Waals surface area contributed by atoms with Gasteiger partial charge in [-0.2, -0.15) is 0 Å². The molecule has 0 saturated carbocycles. The van der Waals surface area contributed by atoms with E-state index in [0.717, 1.165) is 44.0 Å². The van der Waals surface area contributed by atoms with Crippen LogP contribution in [0, 0.1) is 5.82 Å². The lowest BCUT2D eigenvalue weighted by atomic mass is 10.1. The van der Waals surface area contributed by atoms with E-state index in [9.17, 15) is 9.18 Å². The first-order valence-corrected chi connectivity index (χ1v) is 9.88. The van der Waals surface area contributed by atoms with E-state index in [-0.39, 0.29) is 11.7 Å². The Morgan fingerprint density at radius 3 is 2.14 bits per heavy atom. The average molecular weight is 383 g/mol. The molecule has 4 rings (SSSR count). The van der Waals surface area contributed by atoms with Gasteiger partial charge >= 0.3 is 0 Å². The van der Waals surface area contributed by atoms with E-state index in [1.807, 2.05) is 29.2 Å². The number of ether oxygens (including phenoxy) is 1. The van der Waals surface area contributed by atoms with Gasteiger partial charge in [0.2, 0.25) is 0 Å². The summed E-state index contributed by atoms with van der Waals surface area (Å²) < 4.78 is 18.4. The lowest BCUT2D eigenvalue weighted by Crippen LogP contribution is -2.46. The molecular formula is C22H26FN3O2. The number of hydrogen-bond acceptors (Lipinski definition) is 4. The molecule has 0 unspecified atom stereocenters. The first-order valence-electron chi connectivity index (χ1n) is 9.88. The van der Waals surface area contributed by atoms with Gasteiger partial charge in [0.05, 0.1) is 13.2 Å². The van der Waals surface area contributed by atoms with E-state index in [0.29, 0.717) is 26.3 Å². The van der Waals surface area contributed by atoms with Crippen LogP contribution in [0.25, 0.3) is 0 Å². The number of amides is 1. The van der Waals surface area contributed by atoms with Crippen molar-refractivity contribution < 1.29 is 13.9 Å². The van der Waals surface area contributed by atoms with Gasteiger partial charge in [-0.3, -0.25) is 9.69 Å². The number of benzene rings is 2. The Balaban J connectivity index is 1.29. The largest absolute Gasteiger partial charge is 0.378 e. The molecule has 0 spiro atoms. The highest BCUT2D eigenvalue weighted by atomic mass is 19.1. The SMILES string of the molecule is O=C(c1ccc(CN2CCN(c3ccc(F)cc3)CC2)cc1)N1CCOCC1. The van der Waals surface area contributed by atoms with Crippen molar-refractivity contribution >= 4 is 11.6 Å². The number of nitrogens with zero attached hydrogens (tertiary/aromatic N) is 3. The molecule has 6 heteroatoms. The molecule has 2 saturated heterocycles. The number of carbonyl (C=O) groups excluding carboxylic acids is 1. The van der Waals surface area contributed by atoms with Crippen LogP contribution < -0.4 is 4.90 Å². The highest BCUT2D eigenvalue weighted by molar-refractivity contribution is 5.94. The second-order valence-electron chi connectivity index (χ2n) is 7.34. The molecule has 1 amide bonds. The molecular weight excluding hydrogens is 357 g/mol. The second-order valence-corrected chi connectivity index (χ2v) is 7.34. The minimum atomic E-state index is -0.196. The van der Waals surface area contributed by atoms with Crippen LogP contribution in [0.15, 0.2) is 48.5 Å². The highest BCUT2D eigenvalue weighted by Gasteiger charge is 2.20. The zero-order valence-corrected chi connectivity index (χ0v) is 16.0. The monoisotopic (exact) mass is 383 g/mol. The van der Waals surface area contributed by atoms with E-state index in [1.165, 1.54) is 17.7 Å². The van der Waals surface area contributed by atoms with Crippen LogP contribution in [-0.4, -0.2) is 68.2 Å². The average Bonchev–Trinajstić information content (AvgIpc) is 2.76. The van der Waals surface area contributed by atoms with Gasteiger partial charge in [-0.1, -0.05) is 12.1 Å². The molecule has 0 aromatic heterocycles. The summed E-state index contributed by atoms with van der Waals surface area (Å²) in [5, 5.41) is 0. The molecule has 28 heavy (non-hydrogen) atoms. The van der Waals surface area contributed by atoms with Crippen molar-refractivity contribution in [2.24, 2.45) is 0 Å². The number of halogens is 1. The van der Waals surface area contributed by atoms with Crippen molar-refractivity contribution in [3.8, 4) is 0 Å². The van der Waals surface area contributed by atoms with E-state index in [4.69, 9.17) is 4.74 Å². The smallest absolute Gasteiger partial charge is 0.254 e. The van der Waals surface area contributed by atoms with Crippen LogP contribution in [0.2, 0.25) is 0 Å². The van der Waals surface area contributed by atoms with Gasteiger partial charge in [0.1, 0.15) is 5.82 Å². The van der Waals surface area contributed by atoms with Crippen molar-refractivity contribution in [1.29, 1.82) is 0 Å². The normalized spacial score (nSPS) is 18.3. The maximum absolute atomic E-state index is 13.1. The van der Waals surface area contributed by atoms with Crippen molar-refractivity contribution in [2.75, 3.05) is 57.4 Å². The van der Waals surface area contributed by atoms with Crippen LogP contribution in [0.3, 0.4) is 0 Å². The summed E-state index contributed by atoms with van der Waals surface area (Å²) in [7, 11) is 0. The fourth-order valence-electron chi connectivity index (χ4n) is 3.78. The van der Waals surface area contributed by atoms with Crippen LogP contribution >= 0.6 is 0 Å². The number of rotatable bonds is 4. The predicted molar refractivity (Wildman–Crippen MR) is 107 cm³/mol. The maximum Gasteiger partial charge on any atom is 0.254 e. The summed E-state index contributed by atoms with van der Waals surface area (Å²) in [5.41, 5.74) is 3.03. The van der Waals surface area contributed by atoms with Gasteiger partial charge in [0, 0.05) is 57.1 Å². The summed E-state index contributed by atoms with van der Waals surface area (Å²) in [6.45, 7) is 7.23. The zero-order valence-electron chi connectivity index (χ0n) is 16.0. The number of morpholine rings is 1. The Bertz CT molecular complexity index is 780. The predicted octanol–water partition coefficient (Wildman–Crippen LogP) is 2.62. The number of anilines is 1. The lowest BCUT2D eigenvalue weighted by Gasteiger charge is -2.36. The molecule has 0 aliphatic carbocycles. The van der Waals surface area contributed by atoms with Gasteiger partial charge < -0.3 is 14.5 Å². The molecule has 2 aliphatic rings. The first-order chi connectivity index (χ1) is 13.7. The van der Waals surface area contributed by atoms with Gasteiger partial charge in [0.15, 0.2) is 0 Å². The summed E-state index contributed by atoms with van der Waals surface area (Å²) in [4.78, 5) is 19.1. The second kappa shape index (κ2) is 8.71. The number of carbonyl (C=O) groups is 1. The van der Waals surface area contributed by atoms with Crippen LogP contribution in [0.5, 0.6) is 0 Å². The maximum atomic E-state index is 13.1. The molecule has 2 fully saturated rings. The molecule has 0 atom stereocenters. The number of hydrogen-bond donors (Lipinski definition) is 0. The van der Waals surface area contributed by atoms with E-state index in [1.54, 1.807) is 0 Å². The fourth-order valence-corrected chi connectivity index (χ4v) is 3.78. The third-order valence-corrected chi connectivity index (χ3v) is 5.47. The first kappa shape index (κ1) is 18.9. The molecule has 0 radical (unpaired) electrons. The molecule has 5 nitrogen and oxygen atoms in total. The highest BCUT2D eigenvalue weighted by Crippen LogP contribution is 2.18. The Labute approximate surface area is 165 Å². The standard InChI is InChI=1S/C22H26FN3O2/c23-20-5-7-21(8-6-20)25-11-9-24(10-12-25)17-18-1-3-19(4-2-18)22(27)26-13-15-28-16-14-26/h1-8H,9-17H2. The quantitative estimate of drug-likeness (QED) is 0.813.